The minimum Gasteiger partial charge on any atom is -0.467 e. The zero-order valence-corrected chi connectivity index (χ0v) is 20.1. The van der Waals surface area contributed by atoms with Gasteiger partial charge in [0.15, 0.2) is 0 Å². The molecule has 0 bridgehead atoms. The number of amides is 1. The number of thioether (sulfide) groups is 1. The van der Waals surface area contributed by atoms with E-state index >= 15 is 0 Å². The Morgan fingerprint density at radius 3 is 2.88 bits per heavy atom. The van der Waals surface area contributed by atoms with Crippen LogP contribution in [0.5, 0.6) is 0 Å². The maximum atomic E-state index is 13.2. The highest BCUT2D eigenvalue weighted by molar-refractivity contribution is 8.26. The summed E-state index contributed by atoms with van der Waals surface area (Å²) >= 11 is 6.69. The molecule has 172 valence electrons. The Morgan fingerprint density at radius 2 is 2.24 bits per heavy atom. The van der Waals surface area contributed by atoms with Gasteiger partial charge >= 0.3 is 0 Å². The van der Waals surface area contributed by atoms with Gasteiger partial charge in [-0.2, -0.15) is 5.26 Å². The summed E-state index contributed by atoms with van der Waals surface area (Å²) in [5.41, 5.74) is 0.805. The second-order valence-electron chi connectivity index (χ2n) is 7.78. The van der Waals surface area contributed by atoms with Crippen molar-refractivity contribution in [2.75, 3.05) is 18.5 Å². The molecule has 4 rings (SSSR count). The minimum absolute atomic E-state index is 0.00806. The van der Waals surface area contributed by atoms with Crippen molar-refractivity contribution < 1.29 is 13.9 Å². The second kappa shape index (κ2) is 9.95. The second-order valence-corrected chi connectivity index (χ2v) is 9.46. The number of thiocarbonyl (C=S) groups is 1. The summed E-state index contributed by atoms with van der Waals surface area (Å²) in [5.74, 6) is 1.03. The number of furan rings is 1. The van der Waals surface area contributed by atoms with Crippen molar-refractivity contribution in [3.05, 3.63) is 56.1 Å². The third-order valence-electron chi connectivity index (χ3n) is 5.76. The van der Waals surface area contributed by atoms with Crippen LogP contribution in [0.2, 0.25) is 0 Å². The molecule has 2 aliphatic rings. The molecule has 1 unspecified atom stereocenters. The summed E-state index contributed by atoms with van der Waals surface area (Å²) in [6.07, 6.45) is 5.18. The number of hydrogen-bond donors (Lipinski definition) is 1. The van der Waals surface area contributed by atoms with E-state index < -0.39 is 0 Å². The first kappa shape index (κ1) is 23.3. The van der Waals surface area contributed by atoms with E-state index in [2.05, 4.69) is 5.32 Å². The number of aromatic nitrogens is 1. The Bertz CT molecular complexity index is 1200. The van der Waals surface area contributed by atoms with E-state index in [1.807, 2.05) is 19.1 Å². The van der Waals surface area contributed by atoms with Gasteiger partial charge in [0.05, 0.1) is 30.4 Å². The number of carbonyl (C=O) groups excluding carboxylic acids is 1. The molecule has 0 radical (unpaired) electrons. The van der Waals surface area contributed by atoms with Gasteiger partial charge in [-0.25, -0.2) is 0 Å². The van der Waals surface area contributed by atoms with Crippen LogP contribution >= 0.6 is 24.0 Å². The molecule has 10 heteroatoms. The third-order valence-corrected chi connectivity index (χ3v) is 7.14. The van der Waals surface area contributed by atoms with Crippen LogP contribution < -0.4 is 10.9 Å². The predicted molar refractivity (Wildman–Crippen MR) is 131 cm³/mol. The fourth-order valence-electron chi connectivity index (χ4n) is 4.02. The first-order valence-corrected chi connectivity index (χ1v) is 12.0. The number of pyridine rings is 1. The summed E-state index contributed by atoms with van der Waals surface area (Å²) in [5, 5.41) is 12.9. The lowest BCUT2D eigenvalue weighted by molar-refractivity contribution is -0.123. The average molecular weight is 485 g/mol. The molecule has 0 spiro atoms. The highest BCUT2D eigenvalue weighted by atomic mass is 32.2. The van der Waals surface area contributed by atoms with E-state index in [4.69, 9.17) is 21.4 Å². The van der Waals surface area contributed by atoms with Crippen molar-refractivity contribution in [3.63, 3.8) is 0 Å². The Morgan fingerprint density at radius 1 is 1.42 bits per heavy atom. The molecular formula is C23H24N4O4S2. The van der Waals surface area contributed by atoms with Crippen molar-refractivity contribution >= 4 is 46.1 Å². The Hall–Kier alpha value is -2.87. The highest BCUT2D eigenvalue weighted by Crippen LogP contribution is 2.35. The van der Waals surface area contributed by atoms with E-state index in [-0.39, 0.29) is 23.1 Å². The van der Waals surface area contributed by atoms with Crippen molar-refractivity contribution in [1.82, 2.24) is 9.47 Å². The molecule has 33 heavy (non-hydrogen) atoms. The normalized spacial score (nSPS) is 19.5. The summed E-state index contributed by atoms with van der Waals surface area (Å²) in [6.45, 7) is 5.39. The lowest BCUT2D eigenvalue weighted by Gasteiger charge is -2.19. The predicted octanol–water partition coefficient (Wildman–Crippen LogP) is 3.63. The highest BCUT2D eigenvalue weighted by Gasteiger charge is 2.35. The van der Waals surface area contributed by atoms with Crippen LogP contribution in [0.4, 0.5) is 5.82 Å². The van der Waals surface area contributed by atoms with E-state index in [0.29, 0.717) is 58.2 Å². The van der Waals surface area contributed by atoms with Crippen molar-refractivity contribution in [2.24, 2.45) is 0 Å². The average Bonchev–Trinajstić information content (AvgIpc) is 3.55. The molecule has 2 aliphatic heterocycles. The molecule has 1 atom stereocenters. The van der Waals surface area contributed by atoms with Gasteiger partial charge in [0, 0.05) is 18.7 Å². The van der Waals surface area contributed by atoms with Gasteiger partial charge in [0.25, 0.3) is 11.5 Å². The third kappa shape index (κ3) is 4.62. The lowest BCUT2D eigenvalue weighted by atomic mass is 10.0. The number of carbonyl (C=O) groups is 1. The smallest absolute Gasteiger partial charge is 0.270 e. The van der Waals surface area contributed by atoms with Crippen molar-refractivity contribution in [1.29, 1.82) is 5.26 Å². The Balaban J connectivity index is 1.74. The van der Waals surface area contributed by atoms with Crippen LogP contribution in [0.25, 0.3) is 6.08 Å². The molecule has 4 heterocycles. The van der Waals surface area contributed by atoms with Crippen LogP contribution in [-0.2, 0) is 22.6 Å². The molecule has 2 aromatic heterocycles. The molecule has 2 fully saturated rings. The van der Waals surface area contributed by atoms with Gasteiger partial charge in [0.2, 0.25) is 0 Å². The molecule has 8 nitrogen and oxygen atoms in total. The molecule has 0 saturated carbocycles. The summed E-state index contributed by atoms with van der Waals surface area (Å²) < 4.78 is 13.1. The van der Waals surface area contributed by atoms with Crippen molar-refractivity contribution in [2.45, 2.75) is 45.9 Å². The van der Waals surface area contributed by atoms with E-state index in [1.165, 1.54) is 16.3 Å². The molecule has 2 aromatic rings. The van der Waals surface area contributed by atoms with Crippen LogP contribution in [0.1, 0.15) is 42.2 Å². The van der Waals surface area contributed by atoms with Crippen molar-refractivity contribution in [3.8, 4) is 6.07 Å². The SMILES string of the molecule is CCn1c(NCc2ccco2)c(/C=C2\SC(=S)N(CC3CCCO3)C2=O)c(C)c(C#N)c1=O. The number of nitrogens with zero attached hydrogens (tertiary/aromatic N) is 3. The maximum Gasteiger partial charge on any atom is 0.270 e. The summed E-state index contributed by atoms with van der Waals surface area (Å²) in [6, 6.07) is 5.64. The van der Waals surface area contributed by atoms with Crippen LogP contribution in [0.3, 0.4) is 0 Å². The number of nitriles is 1. The van der Waals surface area contributed by atoms with Crippen LogP contribution in [0.15, 0.2) is 32.5 Å². The monoisotopic (exact) mass is 484 g/mol. The van der Waals surface area contributed by atoms with E-state index in [0.717, 1.165) is 12.8 Å². The topological polar surface area (TPSA) is 100 Å². The molecule has 1 amide bonds. The molecular weight excluding hydrogens is 460 g/mol. The summed E-state index contributed by atoms with van der Waals surface area (Å²) in [4.78, 5) is 28.1. The number of rotatable bonds is 7. The van der Waals surface area contributed by atoms with Crippen LogP contribution in [0, 0.1) is 18.3 Å². The van der Waals surface area contributed by atoms with Gasteiger partial charge in [-0.1, -0.05) is 24.0 Å². The first-order valence-electron chi connectivity index (χ1n) is 10.7. The lowest BCUT2D eigenvalue weighted by Crippen LogP contribution is -2.35. The number of hydrogen-bond acceptors (Lipinski definition) is 8. The number of ether oxygens (including phenoxy) is 1. The van der Waals surface area contributed by atoms with E-state index in [1.54, 1.807) is 30.2 Å². The zero-order chi connectivity index (χ0) is 23.5. The van der Waals surface area contributed by atoms with Crippen LogP contribution in [-0.4, -0.2) is 39.0 Å². The number of anilines is 1. The molecule has 1 N–H and O–H groups in total. The Kier molecular flexibility index (Phi) is 7.02. The fourth-order valence-corrected chi connectivity index (χ4v) is 5.28. The van der Waals surface area contributed by atoms with Gasteiger partial charge in [-0.15, -0.1) is 0 Å². The van der Waals surface area contributed by atoms with Gasteiger partial charge in [-0.05, 0) is 50.5 Å². The maximum absolute atomic E-state index is 13.2. The summed E-state index contributed by atoms with van der Waals surface area (Å²) in [7, 11) is 0. The fraction of sp³-hybridized carbons (Fsp3) is 0.391. The Labute approximate surface area is 201 Å². The van der Waals surface area contributed by atoms with Gasteiger partial charge in [-0.3, -0.25) is 19.1 Å². The largest absolute Gasteiger partial charge is 0.467 e. The molecule has 0 aliphatic carbocycles. The molecule has 0 aromatic carbocycles. The first-order chi connectivity index (χ1) is 15.9. The van der Waals surface area contributed by atoms with Gasteiger partial charge < -0.3 is 14.5 Å². The standard InChI is InChI=1S/C23H24N4O4S2/c1-3-26-20(25-12-15-6-4-8-30-15)17(14(2)18(11-24)21(26)28)10-19-22(29)27(23(32)33-19)13-16-7-5-9-31-16/h4,6,8,10,16,25H,3,5,7,9,12-13H2,1-2H3/b19-10-. The quantitative estimate of drug-likeness (QED) is 0.470. The minimum atomic E-state index is -0.373. The van der Waals surface area contributed by atoms with E-state index in [9.17, 15) is 14.9 Å². The number of nitrogens with one attached hydrogen (secondary N) is 1. The zero-order valence-electron chi connectivity index (χ0n) is 18.4. The van der Waals surface area contributed by atoms with Gasteiger partial charge in [0.1, 0.15) is 27.5 Å². The molecule has 2 saturated heterocycles.